The van der Waals surface area contributed by atoms with Gasteiger partial charge >= 0.3 is 11.9 Å². The highest BCUT2D eigenvalue weighted by Gasteiger charge is 2.34. The van der Waals surface area contributed by atoms with Gasteiger partial charge in [-0.1, -0.05) is 33.1 Å². The number of thioether (sulfide) groups is 1. The number of ether oxygens (including phenoxy) is 1. The number of cyclic esters (lactones) is 2. The van der Waals surface area contributed by atoms with Crippen molar-refractivity contribution in [2.45, 2.75) is 56.5 Å². The van der Waals surface area contributed by atoms with Gasteiger partial charge in [0.1, 0.15) is 5.25 Å². The number of rotatable bonds is 6. The predicted octanol–water partition coefficient (Wildman–Crippen LogP) is 2.53. The SMILES string of the molecule is CCCCCC(C)SC1CC(=O)OC1=O. The number of carbonyl (C=O) groups excluding carboxylic acids is 2. The average molecular weight is 230 g/mol. The molecule has 0 aromatic carbocycles. The molecule has 2 atom stereocenters. The topological polar surface area (TPSA) is 43.4 Å². The first-order chi connectivity index (χ1) is 7.13. The van der Waals surface area contributed by atoms with Crippen LogP contribution >= 0.6 is 11.8 Å². The zero-order valence-corrected chi connectivity index (χ0v) is 10.1. The van der Waals surface area contributed by atoms with Crippen LogP contribution < -0.4 is 0 Å². The Kier molecular flexibility index (Phi) is 5.15. The molecule has 0 aromatic heterocycles. The molecule has 0 aliphatic carbocycles. The third-order valence-electron chi connectivity index (χ3n) is 2.44. The molecule has 0 aromatic rings. The molecule has 1 aliphatic heterocycles. The number of carbonyl (C=O) groups is 2. The Hall–Kier alpha value is -0.510. The van der Waals surface area contributed by atoms with E-state index in [4.69, 9.17) is 0 Å². The Morgan fingerprint density at radius 3 is 2.73 bits per heavy atom. The van der Waals surface area contributed by atoms with Crippen LogP contribution in [-0.4, -0.2) is 22.4 Å². The van der Waals surface area contributed by atoms with Crippen LogP contribution in [0.1, 0.15) is 46.0 Å². The van der Waals surface area contributed by atoms with Crippen LogP contribution in [0.15, 0.2) is 0 Å². The molecule has 1 aliphatic rings. The van der Waals surface area contributed by atoms with Crippen molar-refractivity contribution < 1.29 is 14.3 Å². The molecule has 4 heteroatoms. The lowest BCUT2D eigenvalue weighted by Crippen LogP contribution is -2.13. The van der Waals surface area contributed by atoms with Crippen molar-refractivity contribution in [3.8, 4) is 0 Å². The van der Waals surface area contributed by atoms with E-state index in [1.165, 1.54) is 19.3 Å². The molecule has 86 valence electrons. The van der Waals surface area contributed by atoms with E-state index in [2.05, 4.69) is 18.6 Å². The maximum absolute atomic E-state index is 11.2. The van der Waals surface area contributed by atoms with E-state index in [1.54, 1.807) is 11.8 Å². The van der Waals surface area contributed by atoms with Crippen molar-refractivity contribution >= 4 is 23.7 Å². The van der Waals surface area contributed by atoms with Crippen LogP contribution in [0.5, 0.6) is 0 Å². The Morgan fingerprint density at radius 2 is 2.20 bits per heavy atom. The standard InChI is InChI=1S/C11H18O3S/c1-3-4-5-6-8(2)15-9-7-10(12)14-11(9)13/h8-9H,3-7H2,1-2H3. The van der Waals surface area contributed by atoms with E-state index in [0.717, 1.165) is 6.42 Å². The Labute approximate surface area is 94.9 Å². The maximum Gasteiger partial charge on any atom is 0.327 e. The molecule has 0 spiro atoms. The lowest BCUT2D eigenvalue weighted by atomic mass is 10.2. The lowest BCUT2D eigenvalue weighted by Gasteiger charge is -2.12. The minimum absolute atomic E-state index is 0.252. The maximum atomic E-state index is 11.2. The summed E-state index contributed by atoms with van der Waals surface area (Å²) in [7, 11) is 0. The fraction of sp³-hybridized carbons (Fsp3) is 0.818. The molecule has 15 heavy (non-hydrogen) atoms. The molecule has 0 amide bonds. The summed E-state index contributed by atoms with van der Waals surface area (Å²) < 4.78 is 4.50. The largest absolute Gasteiger partial charge is 0.392 e. The second-order valence-corrected chi connectivity index (χ2v) is 5.57. The molecule has 0 N–H and O–H groups in total. The second kappa shape index (κ2) is 6.16. The van der Waals surface area contributed by atoms with Crippen LogP contribution in [0.25, 0.3) is 0 Å². The number of hydrogen-bond acceptors (Lipinski definition) is 4. The molecule has 3 nitrogen and oxygen atoms in total. The van der Waals surface area contributed by atoms with Crippen LogP contribution in [0.4, 0.5) is 0 Å². The van der Waals surface area contributed by atoms with Gasteiger partial charge in [-0.2, -0.15) is 0 Å². The van der Waals surface area contributed by atoms with E-state index < -0.39 is 0 Å². The zero-order valence-electron chi connectivity index (χ0n) is 9.32. The summed E-state index contributed by atoms with van der Waals surface area (Å²) in [4.78, 5) is 22.0. The van der Waals surface area contributed by atoms with Crippen molar-refractivity contribution in [1.82, 2.24) is 0 Å². The molecule has 2 unspecified atom stereocenters. The molecule has 1 heterocycles. The summed E-state index contributed by atoms with van der Waals surface area (Å²) in [5, 5.41) is 0.175. The van der Waals surface area contributed by atoms with Gasteiger partial charge in [0.25, 0.3) is 0 Å². The predicted molar refractivity (Wildman–Crippen MR) is 60.7 cm³/mol. The average Bonchev–Trinajstić information content (AvgIpc) is 2.45. The minimum Gasteiger partial charge on any atom is -0.392 e. The van der Waals surface area contributed by atoms with Gasteiger partial charge in [-0.25, -0.2) is 0 Å². The van der Waals surface area contributed by atoms with E-state index in [9.17, 15) is 9.59 Å². The first-order valence-corrected chi connectivity index (χ1v) is 6.47. The fourth-order valence-corrected chi connectivity index (χ4v) is 2.84. The van der Waals surface area contributed by atoms with Crippen molar-refractivity contribution in [2.75, 3.05) is 0 Å². The number of hydrogen-bond donors (Lipinski definition) is 0. The van der Waals surface area contributed by atoms with Gasteiger partial charge in [0.05, 0.1) is 6.42 Å². The van der Waals surface area contributed by atoms with Crippen LogP contribution in [-0.2, 0) is 14.3 Å². The van der Waals surface area contributed by atoms with Gasteiger partial charge in [-0.3, -0.25) is 9.59 Å². The van der Waals surface area contributed by atoms with E-state index in [1.807, 2.05) is 0 Å². The minimum atomic E-state index is -0.377. The molecule has 1 fully saturated rings. The second-order valence-electron chi connectivity index (χ2n) is 3.93. The monoisotopic (exact) mass is 230 g/mol. The number of unbranched alkanes of at least 4 members (excludes halogenated alkanes) is 2. The fourth-order valence-electron chi connectivity index (χ4n) is 1.59. The summed E-state index contributed by atoms with van der Waals surface area (Å²) in [6.07, 6.45) is 5.00. The molecular weight excluding hydrogens is 212 g/mol. The Bertz CT molecular complexity index is 240. The highest BCUT2D eigenvalue weighted by molar-refractivity contribution is 8.01. The van der Waals surface area contributed by atoms with Crippen molar-refractivity contribution in [2.24, 2.45) is 0 Å². The summed E-state index contributed by atoms with van der Waals surface area (Å²) in [6, 6.07) is 0. The van der Waals surface area contributed by atoms with Gasteiger partial charge < -0.3 is 4.74 Å². The van der Waals surface area contributed by atoms with E-state index in [0.29, 0.717) is 5.25 Å². The summed E-state index contributed by atoms with van der Waals surface area (Å²) in [5.41, 5.74) is 0. The van der Waals surface area contributed by atoms with Crippen molar-refractivity contribution in [3.63, 3.8) is 0 Å². The van der Waals surface area contributed by atoms with Crippen LogP contribution in [0, 0.1) is 0 Å². The summed E-state index contributed by atoms with van der Waals surface area (Å²) in [5.74, 6) is -0.731. The normalized spacial score (nSPS) is 22.9. The molecule has 1 rings (SSSR count). The Balaban J connectivity index is 2.22. The third kappa shape index (κ3) is 4.24. The van der Waals surface area contributed by atoms with E-state index >= 15 is 0 Å². The number of esters is 2. The summed E-state index contributed by atoms with van der Waals surface area (Å²) >= 11 is 1.57. The molecule has 0 bridgehead atoms. The van der Waals surface area contributed by atoms with Crippen LogP contribution in [0.2, 0.25) is 0 Å². The molecule has 0 saturated carbocycles. The quantitative estimate of drug-likeness (QED) is 0.399. The van der Waals surface area contributed by atoms with E-state index in [-0.39, 0.29) is 23.6 Å². The van der Waals surface area contributed by atoms with Crippen molar-refractivity contribution in [3.05, 3.63) is 0 Å². The molecule has 1 saturated heterocycles. The van der Waals surface area contributed by atoms with Gasteiger partial charge in [-0.05, 0) is 6.42 Å². The van der Waals surface area contributed by atoms with Gasteiger partial charge in [0.15, 0.2) is 0 Å². The third-order valence-corrected chi connectivity index (χ3v) is 3.83. The highest BCUT2D eigenvalue weighted by atomic mass is 32.2. The van der Waals surface area contributed by atoms with Crippen LogP contribution in [0.3, 0.4) is 0 Å². The van der Waals surface area contributed by atoms with Gasteiger partial charge in [-0.15, -0.1) is 11.8 Å². The highest BCUT2D eigenvalue weighted by Crippen LogP contribution is 2.28. The van der Waals surface area contributed by atoms with Gasteiger partial charge in [0, 0.05) is 5.25 Å². The molecule has 0 radical (unpaired) electrons. The smallest absolute Gasteiger partial charge is 0.327 e. The first-order valence-electron chi connectivity index (χ1n) is 5.53. The zero-order chi connectivity index (χ0) is 11.3. The van der Waals surface area contributed by atoms with Crippen molar-refractivity contribution in [1.29, 1.82) is 0 Å². The Morgan fingerprint density at radius 1 is 1.47 bits per heavy atom. The molecular formula is C11H18O3S. The lowest BCUT2D eigenvalue weighted by molar-refractivity contribution is -0.151. The summed E-state index contributed by atoms with van der Waals surface area (Å²) in [6.45, 7) is 4.28. The first kappa shape index (κ1) is 12.6. The van der Waals surface area contributed by atoms with Gasteiger partial charge in [0.2, 0.25) is 0 Å².